The first-order valence-electron chi connectivity index (χ1n) is 9.74. The number of carbonyl (C=O) groups excluding carboxylic acids is 4. The Balaban J connectivity index is 4.90. The van der Waals surface area contributed by atoms with E-state index in [1.165, 1.54) is 0 Å². The van der Waals surface area contributed by atoms with E-state index >= 15 is 0 Å². The van der Waals surface area contributed by atoms with Crippen LogP contribution in [0.4, 0.5) is 0 Å². The number of rotatable bonds is 16. The molecule has 0 saturated heterocycles. The Labute approximate surface area is 188 Å². The first-order chi connectivity index (χ1) is 15.3. The topological polar surface area (TPSA) is 295 Å². The van der Waals surface area contributed by atoms with Crippen molar-refractivity contribution in [3.8, 4) is 0 Å². The van der Waals surface area contributed by atoms with Gasteiger partial charge in [0.05, 0.1) is 19.0 Å². The van der Waals surface area contributed by atoms with Crippen molar-refractivity contribution in [2.45, 2.75) is 50.2 Å². The number of carboxylic acid groups (broad SMARTS) is 2. The average molecular weight is 474 g/mol. The molecule has 0 aliphatic rings. The molecule has 0 aliphatic carbocycles. The van der Waals surface area contributed by atoms with E-state index in [1.54, 1.807) is 0 Å². The van der Waals surface area contributed by atoms with E-state index in [0.717, 1.165) is 0 Å². The number of nitrogens with zero attached hydrogens (tertiary/aromatic N) is 1. The number of aliphatic carboxylic acids is 2. The normalized spacial score (nSPS) is 13.0. The maximum absolute atomic E-state index is 12.4. The number of guanidine groups is 1. The number of hydrogen-bond donors (Lipinski definition) is 9. The van der Waals surface area contributed by atoms with Gasteiger partial charge in [-0.1, -0.05) is 0 Å². The summed E-state index contributed by atoms with van der Waals surface area (Å²) in [7, 11) is 0. The second kappa shape index (κ2) is 15.0. The van der Waals surface area contributed by atoms with Crippen LogP contribution in [0.5, 0.6) is 0 Å². The lowest BCUT2D eigenvalue weighted by Gasteiger charge is -2.20. The third-order valence-electron chi connectivity index (χ3n) is 4.05. The minimum Gasteiger partial charge on any atom is -0.481 e. The Bertz CT molecular complexity index is 768. The maximum Gasteiger partial charge on any atom is 0.326 e. The molecule has 0 heterocycles. The predicted molar refractivity (Wildman–Crippen MR) is 113 cm³/mol. The van der Waals surface area contributed by atoms with E-state index in [2.05, 4.69) is 15.6 Å². The van der Waals surface area contributed by atoms with E-state index in [1.807, 2.05) is 5.32 Å². The van der Waals surface area contributed by atoms with Crippen LogP contribution < -0.4 is 38.9 Å². The molecule has 3 atom stereocenters. The van der Waals surface area contributed by atoms with Crippen molar-refractivity contribution in [3.63, 3.8) is 0 Å². The molecule has 0 aromatic carbocycles. The van der Waals surface area contributed by atoms with Gasteiger partial charge in [0.15, 0.2) is 5.96 Å². The lowest BCUT2D eigenvalue weighted by molar-refractivity contribution is -0.143. The standard InChI is InChI=1S/C17H30N8O8/c18-8(2-1-5-22-17(20)21)14(30)25-9(3-4-13(28)29)15(31)23-7-12(27)24-10(16(32)33)6-11(19)26/h8-10H,1-7,18H2,(H2,19,26)(H,23,31)(H,24,27)(H,25,30)(H,28,29)(H,32,33)(H4,20,21,22). The van der Waals surface area contributed by atoms with Gasteiger partial charge in [0, 0.05) is 13.0 Å². The fourth-order valence-electron chi connectivity index (χ4n) is 2.40. The van der Waals surface area contributed by atoms with Crippen molar-refractivity contribution in [3.05, 3.63) is 0 Å². The Morgan fingerprint density at radius 2 is 1.52 bits per heavy atom. The zero-order chi connectivity index (χ0) is 25.6. The lowest BCUT2D eigenvalue weighted by atomic mass is 10.1. The first-order valence-corrected chi connectivity index (χ1v) is 9.74. The highest BCUT2D eigenvalue weighted by Gasteiger charge is 2.26. The van der Waals surface area contributed by atoms with Crippen molar-refractivity contribution in [2.75, 3.05) is 13.1 Å². The van der Waals surface area contributed by atoms with E-state index in [4.69, 9.17) is 33.1 Å². The highest BCUT2D eigenvalue weighted by Crippen LogP contribution is 2.02. The van der Waals surface area contributed by atoms with Gasteiger partial charge in [0.25, 0.3) is 0 Å². The third-order valence-corrected chi connectivity index (χ3v) is 4.05. The minimum atomic E-state index is -1.59. The zero-order valence-electron chi connectivity index (χ0n) is 17.8. The Morgan fingerprint density at radius 1 is 0.879 bits per heavy atom. The molecular formula is C17H30N8O8. The van der Waals surface area contributed by atoms with Gasteiger partial charge in [-0.3, -0.25) is 29.0 Å². The zero-order valence-corrected chi connectivity index (χ0v) is 17.8. The summed E-state index contributed by atoms with van der Waals surface area (Å²) in [5, 5.41) is 24.3. The number of nitrogens with one attached hydrogen (secondary N) is 3. The predicted octanol–water partition coefficient (Wildman–Crippen LogP) is -4.72. The van der Waals surface area contributed by atoms with Crippen molar-refractivity contribution in [2.24, 2.45) is 27.9 Å². The number of amides is 4. The van der Waals surface area contributed by atoms with E-state index in [0.29, 0.717) is 6.42 Å². The summed E-state index contributed by atoms with van der Waals surface area (Å²) < 4.78 is 0. The van der Waals surface area contributed by atoms with Gasteiger partial charge in [-0.15, -0.1) is 0 Å². The molecule has 0 bridgehead atoms. The molecule has 16 heteroatoms. The molecule has 0 rings (SSSR count). The van der Waals surface area contributed by atoms with Gasteiger partial charge in [-0.2, -0.15) is 0 Å². The number of carboxylic acids is 2. The highest BCUT2D eigenvalue weighted by molar-refractivity contribution is 5.93. The molecule has 3 unspecified atom stereocenters. The van der Waals surface area contributed by atoms with Crippen LogP contribution in [0.2, 0.25) is 0 Å². The Hall–Kier alpha value is -3.95. The maximum atomic E-state index is 12.4. The van der Waals surface area contributed by atoms with Gasteiger partial charge < -0.3 is 49.1 Å². The largest absolute Gasteiger partial charge is 0.481 e. The first kappa shape index (κ1) is 29.0. The average Bonchev–Trinajstić information content (AvgIpc) is 2.70. The summed E-state index contributed by atoms with van der Waals surface area (Å²) >= 11 is 0. The minimum absolute atomic E-state index is 0.119. The van der Waals surface area contributed by atoms with E-state index in [-0.39, 0.29) is 25.3 Å². The molecule has 0 aliphatic heterocycles. The van der Waals surface area contributed by atoms with Crippen LogP contribution in [0.25, 0.3) is 0 Å². The summed E-state index contributed by atoms with van der Waals surface area (Å²) in [6, 6.07) is -3.95. The van der Waals surface area contributed by atoms with Gasteiger partial charge in [-0.05, 0) is 19.3 Å². The molecule has 16 nitrogen and oxygen atoms in total. The second-order valence-electron chi connectivity index (χ2n) is 6.90. The van der Waals surface area contributed by atoms with Crippen LogP contribution in [0, 0.1) is 0 Å². The number of aliphatic imine (C=N–C) groups is 1. The molecule has 0 fully saturated rings. The van der Waals surface area contributed by atoms with Gasteiger partial charge in [0.1, 0.15) is 12.1 Å². The van der Waals surface area contributed by atoms with Crippen molar-refractivity contribution in [1.29, 1.82) is 0 Å². The number of hydrogen-bond acceptors (Lipinski definition) is 8. The molecule has 33 heavy (non-hydrogen) atoms. The van der Waals surface area contributed by atoms with Crippen LogP contribution in [0.3, 0.4) is 0 Å². The second-order valence-corrected chi connectivity index (χ2v) is 6.90. The van der Waals surface area contributed by atoms with Crippen LogP contribution in [0.15, 0.2) is 4.99 Å². The van der Waals surface area contributed by atoms with Gasteiger partial charge in [-0.25, -0.2) is 4.79 Å². The van der Waals surface area contributed by atoms with Crippen molar-refractivity contribution in [1.82, 2.24) is 16.0 Å². The SMILES string of the molecule is NC(=O)CC(NC(=O)CNC(=O)C(CCC(=O)O)NC(=O)C(N)CCCN=C(N)N)C(=O)O. The van der Waals surface area contributed by atoms with Crippen LogP contribution >= 0.6 is 0 Å². The van der Waals surface area contributed by atoms with E-state index < -0.39 is 73.1 Å². The Kier molecular flexibility index (Phi) is 13.2. The quantitative estimate of drug-likeness (QED) is 0.0581. The smallest absolute Gasteiger partial charge is 0.326 e. The molecule has 4 amide bonds. The van der Waals surface area contributed by atoms with Crippen LogP contribution in [-0.4, -0.2) is 83.0 Å². The molecule has 13 N–H and O–H groups in total. The molecule has 186 valence electrons. The molecule has 0 saturated carbocycles. The lowest BCUT2D eigenvalue weighted by Crippen LogP contribution is -2.53. The van der Waals surface area contributed by atoms with Crippen molar-refractivity contribution >= 4 is 41.5 Å². The Morgan fingerprint density at radius 3 is 2.03 bits per heavy atom. The molecule has 0 aromatic rings. The molecule has 0 spiro atoms. The summed E-state index contributed by atoms with van der Waals surface area (Å²) in [5.41, 5.74) is 21.0. The summed E-state index contributed by atoms with van der Waals surface area (Å²) in [6.45, 7) is -0.472. The molecule has 0 aromatic heterocycles. The fraction of sp³-hybridized carbons (Fsp3) is 0.588. The van der Waals surface area contributed by atoms with Gasteiger partial charge in [0.2, 0.25) is 23.6 Å². The van der Waals surface area contributed by atoms with Crippen molar-refractivity contribution < 1.29 is 39.0 Å². The van der Waals surface area contributed by atoms with Crippen LogP contribution in [0.1, 0.15) is 32.1 Å². The van der Waals surface area contributed by atoms with Gasteiger partial charge >= 0.3 is 11.9 Å². The monoisotopic (exact) mass is 474 g/mol. The molecular weight excluding hydrogens is 444 g/mol. The summed E-state index contributed by atoms with van der Waals surface area (Å²) in [6.07, 6.45) is -0.879. The molecule has 0 radical (unpaired) electrons. The summed E-state index contributed by atoms with van der Waals surface area (Å²) in [5.74, 6) is -6.39. The fourth-order valence-corrected chi connectivity index (χ4v) is 2.40. The summed E-state index contributed by atoms with van der Waals surface area (Å²) in [4.78, 5) is 73.0. The number of carbonyl (C=O) groups is 6. The van der Waals surface area contributed by atoms with Crippen LogP contribution in [-0.2, 0) is 28.8 Å². The number of nitrogens with two attached hydrogens (primary N) is 4. The highest BCUT2D eigenvalue weighted by atomic mass is 16.4. The number of primary amides is 1. The third kappa shape index (κ3) is 13.9. The van der Waals surface area contributed by atoms with E-state index in [9.17, 15) is 28.8 Å².